The molecule has 0 heterocycles. The van der Waals surface area contributed by atoms with Crippen LogP contribution in [0.15, 0.2) is 24.8 Å². The molecule has 0 saturated carbocycles. The van der Waals surface area contributed by atoms with Crippen molar-refractivity contribution < 1.29 is 0 Å². The smallest absolute Gasteiger partial charge is 0.0274 e. The molecule has 1 aromatic rings. The van der Waals surface area contributed by atoms with Crippen molar-refractivity contribution in [2.75, 3.05) is 0 Å². The van der Waals surface area contributed by atoms with Gasteiger partial charge in [-0.05, 0) is 63.1 Å². The summed E-state index contributed by atoms with van der Waals surface area (Å²) < 4.78 is 0. The Morgan fingerprint density at radius 1 is 0.941 bits per heavy atom. The summed E-state index contributed by atoms with van der Waals surface area (Å²) in [5.74, 6) is 0. The van der Waals surface area contributed by atoms with E-state index in [1.807, 2.05) is 6.08 Å². The van der Waals surface area contributed by atoms with Crippen molar-refractivity contribution in [2.45, 2.75) is 59.3 Å². The van der Waals surface area contributed by atoms with Gasteiger partial charge in [0.2, 0.25) is 0 Å². The van der Waals surface area contributed by atoms with Gasteiger partial charge in [0, 0.05) is 0 Å². The first-order chi connectivity index (χ1) is 8.15. The maximum Gasteiger partial charge on any atom is -0.0274 e. The normalized spacial score (nSPS) is 10.5. The van der Waals surface area contributed by atoms with Crippen molar-refractivity contribution >= 4 is 0 Å². The zero-order valence-electron chi connectivity index (χ0n) is 11.7. The first-order valence-corrected chi connectivity index (χ1v) is 6.82. The van der Waals surface area contributed by atoms with Gasteiger partial charge in [0.1, 0.15) is 0 Å². The maximum absolute atomic E-state index is 3.76. The minimum Gasteiger partial charge on any atom is -0.103 e. The van der Waals surface area contributed by atoms with Gasteiger partial charge in [0.25, 0.3) is 0 Å². The van der Waals surface area contributed by atoms with E-state index in [1.165, 1.54) is 55.2 Å². The Balaban J connectivity index is 2.39. The molecule has 0 saturated heterocycles. The zero-order chi connectivity index (χ0) is 12.7. The highest BCUT2D eigenvalue weighted by Crippen LogP contribution is 2.19. The second-order valence-corrected chi connectivity index (χ2v) is 5.12. The third-order valence-corrected chi connectivity index (χ3v) is 3.43. The summed E-state index contributed by atoms with van der Waals surface area (Å²) >= 11 is 0. The number of rotatable bonds is 7. The molecule has 0 radical (unpaired) electrons. The molecule has 94 valence electrons. The fourth-order valence-electron chi connectivity index (χ4n) is 2.55. The van der Waals surface area contributed by atoms with Gasteiger partial charge in [-0.25, -0.2) is 0 Å². The van der Waals surface area contributed by atoms with Crippen molar-refractivity contribution in [3.63, 3.8) is 0 Å². The third-order valence-electron chi connectivity index (χ3n) is 3.43. The second-order valence-electron chi connectivity index (χ2n) is 5.12. The lowest BCUT2D eigenvalue weighted by Crippen LogP contribution is -1.95. The Morgan fingerprint density at radius 3 is 2.12 bits per heavy atom. The van der Waals surface area contributed by atoms with Crippen LogP contribution in [0.25, 0.3) is 0 Å². The summed E-state index contributed by atoms with van der Waals surface area (Å²) in [6, 6.07) is 4.61. The van der Waals surface area contributed by atoms with Crippen LogP contribution in [-0.2, 0) is 6.42 Å². The molecule has 0 atom stereocenters. The summed E-state index contributed by atoms with van der Waals surface area (Å²) in [5, 5.41) is 0. The molecule has 0 bridgehead atoms. The SMILES string of the molecule is C=CCCCCCCc1c(C)cc(C)cc1C. The maximum atomic E-state index is 3.76. The van der Waals surface area contributed by atoms with E-state index >= 15 is 0 Å². The Labute approximate surface area is 107 Å². The molecule has 1 aromatic carbocycles. The second kappa shape index (κ2) is 7.32. The van der Waals surface area contributed by atoms with E-state index in [2.05, 4.69) is 39.5 Å². The molecule has 0 aliphatic carbocycles. The molecule has 0 heteroatoms. The lowest BCUT2D eigenvalue weighted by molar-refractivity contribution is 0.644. The summed E-state index contributed by atoms with van der Waals surface area (Å²) in [7, 11) is 0. The van der Waals surface area contributed by atoms with Crippen LogP contribution in [0.2, 0.25) is 0 Å². The van der Waals surface area contributed by atoms with Gasteiger partial charge in [-0.2, -0.15) is 0 Å². The number of benzene rings is 1. The topological polar surface area (TPSA) is 0 Å². The van der Waals surface area contributed by atoms with E-state index in [4.69, 9.17) is 0 Å². The highest BCUT2D eigenvalue weighted by Gasteiger charge is 2.03. The van der Waals surface area contributed by atoms with Crippen LogP contribution < -0.4 is 0 Å². The van der Waals surface area contributed by atoms with Crippen molar-refractivity contribution in [2.24, 2.45) is 0 Å². The van der Waals surface area contributed by atoms with E-state index in [-0.39, 0.29) is 0 Å². The van der Waals surface area contributed by atoms with Crippen molar-refractivity contribution in [1.29, 1.82) is 0 Å². The van der Waals surface area contributed by atoms with Crippen LogP contribution >= 0.6 is 0 Å². The van der Waals surface area contributed by atoms with Crippen LogP contribution in [0.1, 0.15) is 54.4 Å². The molecule has 0 nitrogen and oxygen atoms in total. The van der Waals surface area contributed by atoms with E-state index in [1.54, 1.807) is 5.56 Å². The summed E-state index contributed by atoms with van der Waals surface area (Å²) in [6.07, 6.45) is 9.75. The van der Waals surface area contributed by atoms with Gasteiger partial charge >= 0.3 is 0 Å². The zero-order valence-corrected chi connectivity index (χ0v) is 11.7. The van der Waals surface area contributed by atoms with Crippen LogP contribution in [0.3, 0.4) is 0 Å². The van der Waals surface area contributed by atoms with E-state index in [0.717, 1.165) is 0 Å². The van der Waals surface area contributed by atoms with Crippen molar-refractivity contribution in [1.82, 2.24) is 0 Å². The fraction of sp³-hybridized carbons (Fsp3) is 0.529. The largest absolute Gasteiger partial charge is 0.103 e. The molecule has 0 aliphatic heterocycles. The van der Waals surface area contributed by atoms with Gasteiger partial charge in [0.05, 0.1) is 0 Å². The van der Waals surface area contributed by atoms with Gasteiger partial charge in [-0.3, -0.25) is 0 Å². The lowest BCUT2D eigenvalue weighted by atomic mass is 9.95. The Morgan fingerprint density at radius 2 is 1.53 bits per heavy atom. The summed E-state index contributed by atoms with van der Waals surface area (Å²) in [5.41, 5.74) is 5.89. The molecule has 0 amide bonds. The molecule has 1 rings (SSSR count). The molecule has 0 unspecified atom stereocenters. The first-order valence-electron chi connectivity index (χ1n) is 6.82. The van der Waals surface area contributed by atoms with Crippen molar-refractivity contribution in [3.05, 3.63) is 47.0 Å². The Hall–Kier alpha value is -1.04. The van der Waals surface area contributed by atoms with Gasteiger partial charge in [-0.1, -0.05) is 36.6 Å². The average Bonchev–Trinajstić information content (AvgIpc) is 2.26. The number of hydrogen-bond donors (Lipinski definition) is 0. The minimum atomic E-state index is 1.17. The Kier molecular flexibility index (Phi) is 6.04. The van der Waals surface area contributed by atoms with Crippen molar-refractivity contribution in [3.8, 4) is 0 Å². The van der Waals surface area contributed by atoms with Crippen LogP contribution in [-0.4, -0.2) is 0 Å². The standard InChI is InChI=1S/C17H26/c1-5-6-7-8-9-10-11-17-15(3)12-14(2)13-16(17)4/h5,12-13H,1,6-11H2,2-4H3. The van der Waals surface area contributed by atoms with Gasteiger partial charge in [0.15, 0.2) is 0 Å². The van der Waals surface area contributed by atoms with Gasteiger partial charge in [-0.15, -0.1) is 6.58 Å². The van der Waals surface area contributed by atoms with E-state index < -0.39 is 0 Å². The lowest BCUT2D eigenvalue weighted by Gasteiger charge is -2.11. The molecule has 0 N–H and O–H groups in total. The van der Waals surface area contributed by atoms with Crippen LogP contribution in [0.5, 0.6) is 0 Å². The number of allylic oxidation sites excluding steroid dienone is 1. The molecule has 0 fully saturated rings. The molecule has 0 aromatic heterocycles. The first kappa shape index (κ1) is 14.0. The van der Waals surface area contributed by atoms with Crippen LogP contribution in [0, 0.1) is 20.8 Å². The van der Waals surface area contributed by atoms with E-state index in [9.17, 15) is 0 Å². The predicted octanol–water partition coefficient (Wildman–Crippen LogP) is 5.29. The van der Waals surface area contributed by atoms with Gasteiger partial charge < -0.3 is 0 Å². The molecule has 17 heavy (non-hydrogen) atoms. The third kappa shape index (κ3) is 4.77. The highest BCUT2D eigenvalue weighted by molar-refractivity contribution is 5.37. The molecular weight excluding hydrogens is 204 g/mol. The van der Waals surface area contributed by atoms with E-state index in [0.29, 0.717) is 0 Å². The molecular formula is C17H26. The minimum absolute atomic E-state index is 1.17. The predicted molar refractivity (Wildman–Crippen MR) is 77.6 cm³/mol. The summed E-state index contributed by atoms with van der Waals surface area (Å²) in [4.78, 5) is 0. The fourth-order valence-corrected chi connectivity index (χ4v) is 2.55. The molecule has 0 aliphatic rings. The number of unbranched alkanes of at least 4 members (excludes halogenated alkanes) is 4. The monoisotopic (exact) mass is 230 g/mol. The Bertz CT molecular complexity index is 337. The average molecular weight is 230 g/mol. The molecule has 0 spiro atoms. The number of hydrogen-bond acceptors (Lipinski definition) is 0. The summed E-state index contributed by atoms with van der Waals surface area (Å²) in [6.45, 7) is 10.4. The number of aryl methyl sites for hydroxylation is 3. The van der Waals surface area contributed by atoms with Crippen LogP contribution in [0.4, 0.5) is 0 Å². The highest BCUT2D eigenvalue weighted by atomic mass is 14.1. The quantitative estimate of drug-likeness (QED) is 0.441.